The quantitative estimate of drug-likeness (QED) is 0.737. The van der Waals surface area contributed by atoms with Crippen LogP contribution in [0.5, 0.6) is 5.75 Å². The molecule has 0 saturated carbocycles. The highest BCUT2D eigenvalue weighted by molar-refractivity contribution is 9.10. The first-order valence-electron chi connectivity index (χ1n) is 6.08. The first-order valence-corrected chi connectivity index (χ1v) is 6.87. The van der Waals surface area contributed by atoms with Gasteiger partial charge in [-0.2, -0.15) is 0 Å². The van der Waals surface area contributed by atoms with E-state index < -0.39 is 17.8 Å². The fourth-order valence-electron chi connectivity index (χ4n) is 1.43. The summed E-state index contributed by atoms with van der Waals surface area (Å²) in [6, 6.07) is 3.95. The fraction of sp³-hybridized carbons (Fsp3) is 0.385. The minimum atomic E-state index is -0.731. The summed E-state index contributed by atoms with van der Waals surface area (Å²) in [5.74, 6) is -0.733. The molecule has 0 aliphatic carbocycles. The van der Waals surface area contributed by atoms with Crippen LogP contribution in [0.3, 0.4) is 0 Å². The highest BCUT2D eigenvalue weighted by Gasteiger charge is 2.15. The molecule has 0 radical (unpaired) electrons. The van der Waals surface area contributed by atoms with Crippen molar-refractivity contribution in [2.75, 3.05) is 6.54 Å². The maximum absolute atomic E-state index is 12.9. The number of halogens is 2. The van der Waals surface area contributed by atoms with Crippen molar-refractivity contribution >= 4 is 27.7 Å². The van der Waals surface area contributed by atoms with Crippen molar-refractivity contribution in [3.05, 3.63) is 28.5 Å². The van der Waals surface area contributed by atoms with Crippen LogP contribution in [-0.2, 0) is 9.59 Å². The van der Waals surface area contributed by atoms with E-state index in [1.807, 2.05) is 0 Å². The van der Waals surface area contributed by atoms with E-state index in [-0.39, 0.29) is 12.3 Å². The van der Waals surface area contributed by atoms with Crippen LogP contribution in [0.2, 0.25) is 0 Å². The number of hydrogen-bond donors (Lipinski definition) is 2. The Bertz CT molecular complexity index is 497. The SMILES string of the molecule is C[C@@H](Oc1ccc(F)cc1Br)C(=O)NCCCC(N)=O. The van der Waals surface area contributed by atoms with Crippen LogP contribution in [0.1, 0.15) is 19.8 Å². The van der Waals surface area contributed by atoms with Crippen LogP contribution < -0.4 is 15.8 Å². The minimum Gasteiger partial charge on any atom is -0.480 e. The molecule has 1 aromatic rings. The van der Waals surface area contributed by atoms with Gasteiger partial charge in [-0.3, -0.25) is 9.59 Å². The van der Waals surface area contributed by atoms with Crippen molar-refractivity contribution in [2.45, 2.75) is 25.9 Å². The normalized spacial score (nSPS) is 11.8. The Morgan fingerprint density at radius 1 is 1.50 bits per heavy atom. The molecule has 3 N–H and O–H groups in total. The van der Waals surface area contributed by atoms with E-state index in [0.29, 0.717) is 23.2 Å². The van der Waals surface area contributed by atoms with Crippen molar-refractivity contribution in [3.63, 3.8) is 0 Å². The second kappa shape index (κ2) is 7.84. The number of benzene rings is 1. The molecule has 0 aliphatic rings. The largest absolute Gasteiger partial charge is 0.480 e. The third-order valence-corrected chi connectivity index (χ3v) is 3.09. The molecule has 0 spiro atoms. The second-order valence-electron chi connectivity index (χ2n) is 4.20. The number of carbonyl (C=O) groups is 2. The number of carbonyl (C=O) groups excluding carboxylic acids is 2. The van der Waals surface area contributed by atoms with Crippen LogP contribution in [-0.4, -0.2) is 24.5 Å². The average molecular weight is 347 g/mol. The Kier molecular flexibility index (Phi) is 6.44. The molecule has 1 aromatic carbocycles. The molecule has 20 heavy (non-hydrogen) atoms. The number of hydrogen-bond acceptors (Lipinski definition) is 3. The van der Waals surface area contributed by atoms with E-state index in [1.165, 1.54) is 18.2 Å². The van der Waals surface area contributed by atoms with Gasteiger partial charge in [0.25, 0.3) is 5.91 Å². The first-order chi connectivity index (χ1) is 9.40. The molecule has 5 nitrogen and oxygen atoms in total. The molecule has 2 amide bonds. The summed E-state index contributed by atoms with van der Waals surface area (Å²) in [5.41, 5.74) is 4.99. The standard InChI is InChI=1S/C13H16BrFN2O3/c1-8(13(19)17-6-2-3-12(16)18)20-11-5-4-9(15)7-10(11)14/h4-5,7-8H,2-3,6H2,1H3,(H2,16,18)(H,17,19)/t8-/m1/s1. The summed E-state index contributed by atoms with van der Waals surface area (Å²) in [7, 11) is 0. The zero-order valence-electron chi connectivity index (χ0n) is 11.0. The van der Waals surface area contributed by atoms with Gasteiger partial charge in [0.1, 0.15) is 11.6 Å². The van der Waals surface area contributed by atoms with Crippen LogP contribution in [0.25, 0.3) is 0 Å². The van der Waals surface area contributed by atoms with E-state index >= 15 is 0 Å². The Balaban J connectivity index is 2.43. The van der Waals surface area contributed by atoms with Gasteiger partial charge >= 0.3 is 0 Å². The predicted molar refractivity (Wildman–Crippen MR) is 75.6 cm³/mol. The van der Waals surface area contributed by atoms with Gasteiger partial charge in [-0.15, -0.1) is 0 Å². The lowest BCUT2D eigenvalue weighted by Crippen LogP contribution is -2.37. The van der Waals surface area contributed by atoms with Gasteiger partial charge in [-0.05, 0) is 47.5 Å². The third kappa shape index (κ3) is 5.56. The molecule has 1 rings (SSSR count). The minimum absolute atomic E-state index is 0.221. The van der Waals surface area contributed by atoms with Crippen LogP contribution in [0.4, 0.5) is 4.39 Å². The lowest BCUT2D eigenvalue weighted by atomic mass is 10.3. The molecule has 7 heteroatoms. The second-order valence-corrected chi connectivity index (χ2v) is 5.05. The van der Waals surface area contributed by atoms with Gasteiger partial charge in [0.2, 0.25) is 5.91 Å². The molecule has 0 aromatic heterocycles. The maximum Gasteiger partial charge on any atom is 0.260 e. The van der Waals surface area contributed by atoms with E-state index in [1.54, 1.807) is 6.92 Å². The molecule has 1 atom stereocenters. The van der Waals surface area contributed by atoms with Crippen molar-refractivity contribution in [1.29, 1.82) is 0 Å². The Morgan fingerprint density at radius 3 is 2.80 bits per heavy atom. The highest BCUT2D eigenvalue weighted by atomic mass is 79.9. The zero-order chi connectivity index (χ0) is 15.1. The van der Waals surface area contributed by atoms with E-state index in [4.69, 9.17) is 10.5 Å². The van der Waals surface area contributed by atoms with Crippen molar-refractivity contribution < 1.29 is 18.7 Å². The summed E-state index contributed by atoms with van der Waals surface area (Å²) in [5, 5.41) is 2.63. The molecule has 0 aliphatic heterocycles. The Hall–Kier alpha value is -1.63. The molecule has 0 unspecified atom stereocenters. The summed E-state index contributed by atoms with van der Waals surface area (Å²) >= 11 is 3.16. The highest BCUT2D eigenvalue weighted by Crippen LogP contribution is 2.26. The fourth-order valence-corrected chi connectivity index (χ4v) is 1.88. The molecule has 0 bridgehead atoms. The summed E-state index contributed by atoms with van der Waals surface area (Å²) in [6.45, 7) is 1.93. The predicted octanol–water partition coefficient (Wildman–Crippen LogP) is 1.74. The Labute approximate surface area is 124 Å². The molecule has 0 heterocycles. The topological polar surface area (TPSA) is 81.4 Å². The number of ether oxygens (including phenoxy) is 1. The Morgan fingerprint density at radius 2 is 2.20 bits per heavy atom. The molecule has 110 valence electrons. The number of nitrogens with one attached hydrogen (secondary N) is 1. The van der Waals surface area contributed by atoms with E-state index in [0.717, 1.165) is 0 Å². The average Bonchev–Trinajstić information content (AvgIpc) is 2.37. The molecular formula is C13H16BrFN2O3. The monoisotopic (exact) mass is 346 g/mol. The molecule has 0 fully saturated rings. The van der Waals surface area contributed by atoms with E-state index in [9.17, 15) is 14.0 Å². The number of amides is 2. The summed E-state index contributed by atoms with van der Waals surface area (Å²) < 4.78 is 18.8. The van der Waals surface area contributed by atoms with Crippen LogP contribution in [0.15, 0.2) is 22.7 Å². The maximum atomic E-state index is 12.9. The van der Waals surface area contributed by atoms with Gasteiger partial charge in [-0.25, -0.2) is 4.39 Å². The summed E-state index contributed by atoms with van der Waals surface area (Å²) in [6.07, 6.45) is -0.0297. The van der Waals surface area contributed by atoms with Crippen molar-refractivity contribution in [1.82, 2.24) is 5.32 Å². The zero-order valence-corrected chi connectivity index (χ0v) is 12.6. The van der Waals surface area contributed by atoms with Gasteiger partial charge in [-0.1, -0.05) is 0 Å². The molecular weight excluding hydrogens is 331 g/mol. The molecule has 0 saturated heterocycles. The summed E-state index contributed by atoms with van der Waals surface area (Å²) in [4.78, 5) is 22.3. The van der Waals surface area contributed by atoms with Crippen molar-refractivity contribution in [3.8, 4) is 5.75 Å². The lowest BCUT2D eigenvalue weighted by Gasteiger charge is -2.15. The third-order valence-electron chi connectivity index (χ3n) is 2.47. The van der Waals surface area contributed by atoms with Crippen LogP contribution in [0, 0.1) is 5.82 Å². The van der Waals surface area contributed by atoms with Gasteiger partial charge in [0, 0.05) is 13.0 Å². The first kappa shape index (κ1) is 16.4. The number of primary amides is 1. The van der Waals surface area contributed by atoms with Crippen LogP contribution >= 0.6 is 15.9 Å². The number of rotatable bonds is 7. The number of nitrogens with two attached hydrogens (primary N) is 1. The lowest BCUT2D eigenvalue weighted by molar-refractivity contribution is -0.127. The smallest absolute Gasteiger partial charge is 0.260 e. The van der Waals surface area contributed by atoms with Gasteiger partial charge < -0.3 is 15.8 Å². The van der Waals surface area contributed by atoms with Crippen molar-refractivity contribution in [2.24, 2.45) is 5.73 Å². The van der Waals surface area contributed by atoms with Gasteiger partial charge in [0.05, 0.1) is 4.47 Å². The van der Waals surface area contributed by atoms with E-state index in [2.05, 4.69) is 21.2 Å². The van der Waals surface area contributed by atoms with Gasteiger partial charge in [0.15, 0.2) is 6.10 Å².